The number of rotatable bonds is 5. The average Bonchev–Trinajstić information content (AvgIpc) is 2.42. The van der Waals surface area contributed by atoms with Gasteiger partial charge >= 0.3 is 0 Å². The Morgan fingerprint density at radius 1 is 1.38 bits per heavy atom. The van der Waals surface area contributed by atoms with Crippen molar-refractivity contribution in [3.63, 3.8) is 0 Å². The Balaban J connectivity index is 2.24. The summed E-state index contributed by atoms with van der Waals surface area (Å²) < 4.78 is 5.98. The Kier molecular flexibility index (Phi) is 5.04. The topological polar surface area (TPSA) is 50.3 Å². The summed E-state index contributed by atoms with van der Waals surface area (Å²) in [5.74, 6) is 2.82. The third kappa shape index (κ3) is 4.30. The molecule has 0 aromatic carbocycles. The van der Waals surface area contributed by atoms with Gasteiger partial charge < -0.3 is 15.0 Å². The Hall–Kier alpha value is -1.36. The van der Waals surface area contributed by atoms with Gasteiger partial charge in [0.15, 0.2) is 0 Å². The van der Waals surface area contributed by atoms with Crippen molar-refractivity contribution in [3.05, 3.63) is 11.9 Å². The van der Waals surface area contributed by atoms with Crippen LogP contribution >= 0.6 is 0 Å². The van der Waals surface area contributed by atoms with Crippen LogP contribution in [-0.2, 0) is 11.2 Å². The summed E-state index contributed by atoms with van der Waals surface area (Å²) in [6, 6.07) is 2.06. The van der Waals surface area contributed by atoms with E-state index >= 15 is 0 Å². The predicted molar refractivity (Wildman–Crippen MR) is 87.0 cm³/mol. The van der Waals surface area contributed by atoms with Gasteiger partial charge in [-0.2, -0.15) is 0 Å². The molecule has 21 heavy (non-hydrogen) atoms. The quantitative estimate of drug-likeness (QED) is 0.904. The third-order valence-corrected chi connectivity index (χ3v) is 3.52. The molecule has 0 saturated carbocycles. The van der Waals surface area contributed by atoms with E-state index in [1.807, 2.05) is 0 Å². The summed E-state index contributed by atoms with van der Waals surface area (Å²) in [7, 11) is 0. The van der Waals surface area contributed by atoms with Crippen molar-refractivity contribution < 1.29 is 4.74 Å². The summed E-state index contributed by atoms with van der Waals surface area (Å²) in [5, 5.41) is 3.37. The molecule has 5 nitrogen and oxygen atoms in total. The van der Waals surface area contributed by atoms with Crippen molar-refractivity contribution in [1.29, 1.82) is 0 Å². The van der Waals surface area contributed by atoms with E-state index in [4.69, 9.17) is 9.72 Å². The molecule has 0 aliphatic carbocycles. The molecule has 1 fully saturated rings. The molecule has 1 saturated heterocycles. The largest absolute Gasteiger partial charge is 0.370 e. The molecule has 0 radical (unpaired) electrons. The monoisotopic (exact) mass is 292 g/mol. The van der Waals surface area contributed by atoms with Crippen LogP contribution in [0.15, 0.2) is 6.07 Å². The zero-order valence-electron chi connectivity index (χ0n) is 13.9. The molecule has 1 unspecified atom stereocenters. The molecule has 5 heteroatoms. The first-order chi connectivity index (χ1) is 9.93. The zero-order valence-corrected chi connectivity index (χ0v) is 13.9. The first-order valence-corrected chi connectivity index (χ1v) is 7.98. The summed E-state index contributed by atoms with van der Waals surface area (Å²) in [4.78, 5) is 11.6. The molecule has 1 aromatic heterocycles. The van der Waals surface area contributed by atoms with Gasteiger partial charge in [0.2, 0.25) is 0 Å². The van der Waals surface area contributed by atoms with Crippen LogP contribution in [0.3, 0.4) is 0 Å². The van der Waals surface area contributed by atoms with Gasteiger partial charge in [0, 0.05) is 32.1 Å². The summed E-state index contributed by atoms with van der Waals surface area (Å²) in [6.45, 7) is 13.3. The number of anilines is 2. The van der Waals surface area contributed by atoms with Gasteiger partial charge in [-0.1, -0.05) is 13.8 Å². The smallest absolute Gasteiger partial charge is 0.134 e. The van der Waals surface area contributed by atoms with E-state index in [-0.39, 0.29) is 11.7 Å². The number of aryl methyl sites for hydroxylation is 1. The molecule has 1 aliphatic heterocycles. The maximum absolute atomic E-state index is 5.98. The highest BCUT2D eigenvalue weighted by Gasteiger charge is 2.32. The number of nitrogens with zero attached hydrogens (tertiary/aromatic N) is 3. The number of hydrogen-bond donors (Lipinski definition) is 1. The van der Waals surface area contributed by atoms with Crippen LogP contribution in [-0.4, -0.2) is 41.3 Å². The van der Waals surface area contributed by atoms with Gasteiger partial charge in [0.1, 0.15) is 17.5 Å². The molecular formula is C16H28N4O. The van der Waals surface area contributed by atoms with Crippen LogP contribution in [0, 0.1) is 0 Å². The average molecular weight is 292 g/mol. The lowest BCUT2D eigenvalue weighted by molar-refractivity contribution is -0.0751. The minimum Gasteiger partial charge on any atom is -0.370 e. The summed E-state index contributed by atoms with van der Waals surface area (Å²) >= 11 is 0. The van der Waals surface area contributed by atoms with E-state index in [0.29, 0.717) is 0 Å². The molecule has 118 valence electrons. The second-order valence-electron chi connectivity index (χ2n) is 6.38. The third-order valence-electron chi connectivity index (χ3n) is 3.52. The lowest BCUT2D eigenvalue weighted by Crippen LogP contribution is -2.52. The van der Waals surface area contributed by atoms with Crippen LogP contribution < -0.4 is 10.2 Å². The molecule has 0 spiro atoms. The summed E-state index contributed by atoms with van der Waals surface area (Å²) in [6.07, 6.45) is 2.14. The molecule has 2 rings (SSSR count). The fourth-order valence-corrected chi connectivity index (χ4v) is 2.78. The molecule has 0 amide bonds. The van der Waals surface area contributed by atoms with Gasteiger partial charge in [0.05, 0.1) is 11.7 Å². The summed E-state index contributed by atoms with van der Waals surface area (Å²) in [5.41, 5.74) is -0.147. The SMILES string of the molecule is CCCNc1cc(N2CC(C)OC(C)(C)C2)nc(CC)n1. The number of aromatic nitrogens is 2. The standard InChI is InChI=1S/C16H28N4O/c1-6-8-17-14-9-15(19-13(7-2)18-14)20-10-12(3)21-16(4,5)11-20/h9,12H,6-8,10-11H2,1-5H3,(H,17,18,19). The van der Waals surface area contributed by atoms with E-state index in [1.54, 1.807) is 0 Å². The first-order valence-electron chi connectivity index (χ1n) is 7.98. The van der Waals surface area contributed by atoms with Crippen LogP contribution in [0.4, 0.5) is 11.6 Å². The molecule has 2 heterocycles. The van der Waals surface area contributed by atoms with Crippen molar-refractivity contribution in [1.82, 2.24) is 9.97 Å². The number of ether oxygens (including phenoxy) is 1. The van der Waals surface area contributed by atoms with E-state index in [2.05, 4.69) is 55.9 Å². The van der Waals surface area contributed by atoms with E-state index in [9.17, 15) is 0 Å². The van der Waals surface area contributed by atoms with Crippen molar-refractivity contribution in [2.45, 2.75) is 59.2 Å². The minimum atomic E-state index is -0.147. The highest BCUT2D eigenvalue weighted by atomic mass is 16.5. The normalized spacial score (nSPS) is 21.4. The first kappa shape index (κ1) is 16.0. The molecule has 1 N–H and O–H groups in total. The number of morpholine rings is 1. The predicted octanol–water partition coefficient (Wildman–Crippen LogP) is 2.86. The van der Waals surface area contributed by atoms with Crippen molar-refractivity contribution in [3.8, 4) is 0 Å². The molecule has 1 aliphatic rings. The highest BCUT2D eigenvalue weighted by molar-refractivity contribution is 5.50. The van der Waals surface area contributed by atoms with Crippen LogP contribution in [0.25, 0.3) is 0 Å². The Bertz CT molecular complexity index is 475. The number of hydrogen-bond acceptors (Lipinski definition) is 5. The molecule has 1 atom stereocenters. The molecule has 1 aromatic rings. The van der Waals surface area contributed by atoms with Crippen molar-refractivity contribution in [2.75, 3.05) is 29.9 Å². The Labute approximate surface area is 128 Å². The van der Waals surface area contributed by atoms with Gasteiger partial charge in [0.25, 0.3) is 0 Å². The van der Waals surface area contributed by atoms with Crippen molar-refractivity contribution >= 4 is 11.6 Å². The second-order valence-corrected chi connectivity index (χ2v) is 6.38. The lowest BCUT2D eigenvalue weighted by atomic mass is 10.1. The van der Waals surface area contributed by atoms with Gasteiger partial charge in [-0.3, -0.25) is 0 Å². The number of nitrogens with one attached hydrogen (secondary N) is 1. The maximum atomic E-state index is 5.98. The second kappa shape index (κ2) is 6.60. The zero-order chi connectivity index (χ0) is 15.5. The fourth-order valence-electron chi connectivity index (χ4n) is 2.78. The van der Waals surface area contributed by atoms with Crippen molar-refractivity contribution in [2.24, 2.45) is 0 Å². The Morgan fingerprint density at radius 2 is 2.14 bits per heavy atom. The van der Waals surface area contributed by atoms with Crippen LogP contribution in [0.2, 0.25) is 0 Å². The van der Waals surface area contributed by atoms with Crippen LogP contribution in [0.5, 0.6) is 0 Å². The van der Waals surface area contributed by atoms with E-state index < -0.39 is 0 Å². The minimum absolute atomic E-state index is 0.147. The fraction of sp³-hybridized carbons (Fsp3) is 0.750. The maximum Gasteiger partial charge on any atom is 0.134 e. The van der Waals surface area contributed by atoms with Gasteiger partial charge in [-0.25, -0.2) is 9.97 Å². The van der Waals surface area contributed by atoms with E-state index in [1.165, 1.54) is 0 Å². The molecular weight excluding hydrogens is 264 g/mol. The lowest BCUT2D eigenvalue weighted by Gasteiger charge is -2.42. The Morgan fingerprint density at radius 3 is 2.76 bits per heavy atom. The van der Waals surface area contributed by atoms with Gasteiger partial charge in [-0.15, -0.1) is 0 Å². The van der Waals surface area contributed by atoms with E-state index in [0.717, 1.165) is 49.9 Å². The van der Waals surface area contributed by atoms with Gasteiger partial charge in [-0.05, 0) is 27.2 Å². The highest BCUT2D eigenvalue weighted by Crippen LogP contribution is 2.26. The van der Waals surface area contributed by atoms with Crippen LogP contribution in [0.1, 0.15) is 46.9 Å². The molecule has 0 bridgehead atoms.